The van der Waals surface area contributed by atoms with Crippen LogP contribution in [0.2, 0.25) is 0 Å². The number of rotatable bonds is 6. The minimum absolute atomic E-state index is 0.101. The van der Waals surface area contributed by atoms with Crippen molar-refractivity contribution in [2.75, 3.05) is 6.54 Å². The summed E-state index contributed by atoms with van der Waals surface area (Å²) in [6.07, 6.45) is 3.82. The van der Waals surface area contributed by atoms with E-state index in [0.717, 1.165) is 12.4 Å². The zero-order chi connectivity index (χ0) is 14.5. The molecule has 5 heteroatoms. The number of nitrogens with zero attached hydrogens (tertiary/aromatic N) is 2. The van der Waals surface area contributed by atoms with Crippen molar-refractivity contribution in [2.45, 2.75) is 32.9 Å². The summed E-state index contributed by atoms with van der Waals surface area (Å²) in [5, 5.41) is 3.25. The van der Waals surface area contributed by atoms with Crippen molar-refractivity contribution in [3.8, 4) is 0 Å². The Morgan fingerprint density at radius 2 is 1.95 bits per heavy atom. The normalized spacial score (nSPS) is 12.6. The van der Waals surface area contributed by atoms with Gasteiger partial charge in [0.05, 0.1) is 6.04 Å². The Morgan fingerprint density at radius 3 is 2.55 bits per heavy atom. The molecule has 0 radical (unpaired) electrons. The van der Waals surface area contributed by atoms with Gasteiger partial charge in [-0.1, -0.05) is 13.0 Å². The molecule has 3 nitrogen and oxygen atoms in total. The molecule has 0 fully saturated rings. The summed E-state index contributed by atoms with van der Waals surface area (Å²) in [6, 6.07) is 3.74. The van der Waals surface area contributed by atoms with Crippen molar-refractivity contribution in [1.82, 2.24) is 14.9 Å². The van der Waals surface area contributed by atoms with E-state index < -0.39 is 11.6 Å². The van der Waals surface area contributed by atoms with Crippen molar-refractivity contribution >= 4 is 0 Å². The van der Waals surface area contributed by atoms with Gasteiger partial charge in [0.1, 0.15) is 17.5 Å². The monoisotopic (exact) mass is 279 g/mol. The second kappa shape index (κ2) is 6.61. The molecule has 0 amide bonds. The lowest BCUT2D eigenvalue weighted by Gasteiger charge is -2.19. The summed E-state index contributed by atoms with van der Waals surface area (Å²) in [6.45, 7) is 5.45. The van der Waals surface area contributed by atoms with Crippen molar-refractivity contribution in [3.63, 3.8) is 0 Å². The van der Waals surface area contributed by atoms with E-state index in [0.29, 0.717) is 6.54 Å². The van der Waals surface area contributed by atoms with Crippen LogP contribution in [0.1, 0.15) is 31.3 Å². The van der Waals surface area contributed by atoms with Crippen LogP contribution in [0.3, 0.4) is 0 Å². The van der Waals surface area contributed by atoms with E-state index in [2.05, 4.69) is 10.3 Å². The van der Waals surface area contributed by atoms with Gasteiger partial charge in [-0.2, -0.15) is 0 Å². The molecule has 1 aromatic carbocycles. The van der Waals surface area contributed by atoms with Crippen molar-refractivity contribution in [3.05, 3.63) is 53.6 Å². The van der Waals surface area contributed by atoms with E-state index in [-0.39, 0.29) is 18.0 Å². The molecule has 1 unspecified atom stereocenters. The fourth-order valence-corrected chi connectivity index (χ4v) is 2.33. The number of likely N-dealkylation sites (N-methyl/N-ethyl adjacent to an activating group) is 1. The van der Waals surface area contributed by atoms with Crippen LogP contribution in [0.15, 0.2) is 30.6 Å². The van der Waals surface area contributed by atoms with Crippen molar-refractivity contribution in [2.24, 2.45) is 0 Å². The first-order valence-corrected chi connectivity index (χ1v) is 6.84. The van der Waals surface area contributed by atoms with E-state index in [1.54, 1.807) is 6.20 Å². The zero-order valence-electron chi connectivity index (χ0n) is 11.7. The maximum absolute atomic E-state index is 13.8. The summed E-state index contributed by atoms with van der Waals surface area (Å²) < 4.78 is 29.5. The lowest BCUT2D eigenvalue weighted by atomic mass is 10.0. The molecule has 0 aliphatic heterocycles. The van der Waals surface area contributed by atoms with Gasteiger partial charge in [-0.3, -0.25) is 0 Å². The van der Waals surface area contributed by atoms with E-state index in [1.807, 2.05) is 24.6 Å². The molecule has 0 saturated heterocycles. The first-order valence-electron chi connectivity index (χ1n) is 6.84. The van der Waals surface area contributed by atoms with E-state index in [1.165, 1.54) is 18.2 Å². The van der Waals surface area contributed by atoms with E-state index in [4.69, 9.17) is 0 Å². The van der Waals surface area contributed by atoms with Gasteiger partial charge >= 0.3 is 0 Å². The molecule has 0 spiro atoms. The van der Waals surface area contributed by atoms with E-state index >= 15 is 0 Å². The molecule has 2 aromatic rings. The lowest BCUT2D eigenvalue weighted by Crippen LogP contribution is -2.26. The van der Waals surface area contributed by atoms with Gasteiger partial charge in [0.25, 0.3) is 0 Å². The summed E-state index contributed by atoms with van der Waals surface area (Å²) in [7, 11) is 0. The van der Waals surface area contributed by atoms with Gasteiger partial charge in [-0.15, -0.1) is 0 Å². The first kappa shape index (κ1) is 14.7. The van der Waals surface area contributed by atoms with Crippen LogP contribution in [0, 0.1) is 11.6 Å². The predicted molar refractivity (Wildman–Crippen MR) is 74.4 cm³/mol. The molecule has 1 N–H and O–H groups in total. The zero-order valence-corrected chi connectivity index (χ0v) is 11.7. The Balaban J connectivity index is 2.30. The van der Waals surface area contributed by atoms with E-state index in [9.17, 15) is 8.78 Å². The molecule has 1 heterocycles. The van der Waals surface area contributed by atoms with Crippen LogP contribution in [0.5, 0.6) is 0 Å². The lowest BCUT2D eigenvalue weighted by molar-refractivity contribution is 0.468. The Kier molecular flexibility index (Phi) is 4.84. The highest BCUT2D eigenvalue weighted by atomic mass is 19.1. The third-order valence-corrected chi connectivity index (χ3v) is 3.32. The molecule has 2 rings (SSSR count). The minimum Gasteiger partial charge on any atom is -0.334 e. The van der Waals surface area contributed by atoms with Crippen LogP contribution < -0.4 is 5.32 Å². The highest BCUT2D eigenvalue weighted by molar-refractivity contribution is 5.22. The molecular formula is C15H19F2N3. The second-order valence-electron chi connectivity index (χ2n) is 4.59. The Bertz CT molecular complexity index is 546. The van der Waals surface area contributed by atoms with Crippen LogP contribution in [-0.2, 0) is 13.0 Å². The number of hydrogen-bond donors (Lipinski definition) is 1. The number of nitrogens with one attached hydrogen (secondary N) is 1. The van der Waals surface area contributed by atoms with Gasteiger partial charge in [-0.05, 0) is 25.6 Å². The highest BCUT2D eigenvalue weighted by Crippen LogP contribution is 2.21. The Morgan fingerprint density at radius 1 is 1.25 bits per heavy atom. The highest BCUT2D eigenvalue weighted by Gasteiger charge is 2.20. The molecule has 0 aliphatic carbocycles. The topological polar surface area (TPSA) is 29.9 Å². The average Bonchev–Trinajstić information content (AvgIpc) is 2.90. The van der Waals surface area contributed by atoms with Gasteiger partial charge in [0, 0.05) is 30.9 Å². The summed E-state index contributed by atoms with van der Waals surface area (Å²) >= 11 is 0. The smallest absolute Gasteiger partial charge is 0.129 e. The quantitative estimate of drug-likeness (QED) is 0.880. The number of aromatic nitrogens is 2. The Hall–Kier alpha value is -1.75. The third-order valence-electron chi connectivity index (χ3n) is 3.32. The molecule has 1 atom stereocenters. The molecule has 1 aromatic heterocycles. The fraction of sp³-hybridized carbons (Fsp3) is 0.400. The molecule has 0 saturated carbocycles. The molecular weight excluding hydrogens is 260 g/mol. The van der Waals surface area contributed by atoms with Gasteiger partial charge in [0.2, 0.25) is 0 Å². The maximum atomic E-state index is 13.8. The standard InChI is InChI=1S/C15H19F2N3/c1-3-18-14(15-19-8-9-20(15)4-2)10-11-12(16)6-5-7-13(11)17/h5-9,14,18H,3-4,10H2,1-2H3. The predicted octanol–water partition coefficient (Wildman–Crippen LogP) is 3.07. The third kappa shape index (κ3) is 3.04. The van der Waals surface area contributed by atoms with Crippen LogP contribution >= 0.6 is 0 Å². The molecule has 108 valence electrons. The fourth-order valence-electron chi connectivity index (χ4n) is 2.33. The maximum Gasteiger partial charge on any atom is 0.129 e. The van der Waals surface area contributed by atoms with Gasteiger partial charge < -0.3 is 9.88 Å². The molecule has 20 heavy (non-hydrogen) atoms. The SMILES string of the molecule is CCNC(Cc1c(F)cccc1F)c1nccn1CC. The second-order valence-corrected chi connectivity index (χ2v) is 4.59. The summed E-state index contributed by atoms with van der Waals surface area (Å²) in [4.78, 5) is 4.32. The summed E-state index contributed by atoms with van der Waals surface area (Å²) in [5.41, 5.74) is 0.101. The molecule has 0 aliphatic rings. The van der Waals surface area contributed by atoms with Crippen LogP contribution in [-0.4, -0.2) is 16.1 Å². The number of halogens is 2. The Labute approximate surface area is 117 Å². The number of imidazole rings is 1. The van der Waals surface area contributed by atoms with Crippen LogP contribution in [0.4, 0.5) is 8.78 Å². The number of benzene rings is 1. The van der Waals surface area contributed by atoms with Crippen LogP contribution in [0.25, 0.3) is 0 Å². The number of hydrogen-bond acceptors (Lipinski definition) is 2. The van der Waals surface area contributed by atoms with Gasteiger partial charge in [-0.25, -0.2) is 13.8 Å². The molecule has 0 bridgehead atoms. The van der Waals surface area contributed by atoms with Gasteiger partial charge in [0.15, 0.2) is 0 Å². The average molecular weight is 279 g/mol. The summed E-state index contributed by atoms with van der Waals surface area (Å²) in [5.74, 6) is -0.220. The largest absolute Gasteiger partial charge is 0.334 e. The van der Waals surface area contributed by atoms with Crippen molar-refractivity contribution < 1.29 is 8.78 Å². The van der Waals surface area contributed by atoms with Crippen molar-refractivity contribution in [1.29, 1.82) is 0 Å². The number of aryl methyl sites for hydroxylation is 1. The minimum atomic E-state index is -0.512. The first-order chi connectivity index (χ1) is 9.67.